The molecular weight excluding hydrogens is 332 g/mol. The van der Waals surface area contributed by atoms with Crippen LogP contribution in [0.4, 0.5) is 11.5 Å². The summed E-state index contributed by atoms with van der Waals surface area (Å²) in [7, 11) is 0. The van der Waals surface area contributed by atoms with Gasteiger partial charge < -0.3 is 0 Å². The van der Waals surface area contributed by atoms with E-state index in [1.165, 1.54) is 5.56 Å². The van der Waals surface area contributed by atoms with E-state index in [-0.39, 0.29) is 0 Å². The van der Waals surface area contributed by atoms with Crippen molar-refractivity contribution in [3.8, 4) is 11.3 Å². The van der Waals surface area contributed by atoms with Crippen LogP contribution in [0.25, 0.3) is 16.9 Å². The van der Waals surface area contributed by atoms with Gasteiger partial charge in [-0.25, -0.2) is 4.98 Å². The second kappa shape index (κ2) is 7.16. The molecule has 0 radical (unpaired) electrons. The van der Waals surface area contributed by atoms with E-state index >= 15 is 0 Å². The molecule has 0 spiro atoms. The highest BCUT2D eigenvalue weighted by atomic mass is 15.2. The molecule has 0 saturated carbocycles. The molecule has 0 fully saturated rings. The smallest absolute Gasteiger partial charge is 0.187 e. The maximum atomic E-state index is 4.80. The van der Waals surface area contributed by atoms with Crippen LogP contribution >= 0.6 is 0 Å². The summed E-state index contributed by atoms with van der Waals surface area (Å²) >= 11 is 0. The highest BCUT2D eigenvalue weighted by Crippen LogP contribution is 2.33. The number of imidazole rings is 1. The van der Waals surface area contributed by atoms with E-state index in [1.807, 2.05) is 59.0 Å². The minimum absolute atomic E-state index is 0.502. The van der Waals surface area contributed by atoms with Crippen LogP contribution in [-0.2, 0) is 0 Å². The zero-order chi connectivity index (χ0) is 18.8. The fourth-order valence-corrected chi connectivity index (χ4v) is 3.15. The summed E-state index contributed by atoms with van der Waals surface area (Å²) in [6, 6.07) is 24.4. The summed E-state index contributed by atoms with van der Waals surface area (Å²) in [6.45, 7) is 6.42. The van der Waals surface area contributed by atoms with Crippen molar-refractivity contribution in [3.05, 3.63) is 84.1 Å². The van der Waals surface area contributed by atoms with E-state index in [0.717, 1.165) is 34.1 Å². The van der Waals surface area contributed by atoms with Crippen LogP contribution in [0.2, 0.25) is 0 Å². The third-order valence-electron chi connectivity index (χ3n) is 4.68. The Bertz CT molecular complexity index is 1090. The number of benzene rings is 2. The second-order valence-corrected chi connectivity index (χ2v) is 6.96. The second-order valence-electron chi connectivity index (χ2n) is 6.96. The minimum Gasteiger partial charge on any atom is -0.280 e. The summed E-state index contributed by atoms with van der Waals surface area (Å²) in [6.07, 6.45) is 0. The molecule has 4 aromatic rings. The molecule has 0 amide bonds. The summed E-state index contributed by atoms with van der Waals surface area (Å²) in [4.78, 5) is 4.80. The average molecular weight is 354 g/mol. The standard InChI is InChI=1S/C23H22N4/c1-16(2)18-12-14-20(15-13-18)25-26-23-22(19-9-5-4-6-10-19)24-21-11-7-8-17(3)27(21)23/h4-16H,1-3H3. The highest BCUT2D eigenvalue weighted by molar-refractivity contribution is 5.74. The Morgan fingerprint density at radius 3 is 2.26 bits per heavy atom. The first-order valence-corrected chi connectivity index (χ1v) is 9.18. The van der Waals surface area contributed by atoms with Crippen molar-refractivity contribution >= 4 is 17.2 Å². The molecule has 2 heterocycles. The SMILES string of the molecule is Cc1cccc2nc(-c3ccccc3)c(N=Nc3ccc(C(C)C)cc3)n12. The van der Waals surface area contributed by atoms with Crippen LogP contribution in [0.1, 0.15) is 31.0 Å². The van der Waals surface area contributed by atoms with Gasteiger partial charge in [0, 0.05) is 11.3 Å². The Labute approximate surface area is 159 Å². The molecule has 134 valence electrons. The zero-order valence-electron chi connectivity index (χ0n) is 15.8. The molecule has 0 aliphatic heterocycles. The van der Waals surface area contributed by atoms with Crippen molar-refractivity contribution in [2.75, 3.05) is 0 Å². The number of fused-ring (bicyclic) bond motifs is 1. The van der Waals surface area contributed by atoms with Gasteiger partial charge in [-0.1, -0.05) is 62.4 Å². The number of rotatable bonds is 4. The monoisotopic (exact) mass is 354 g/mol. The first-order chi connectivity index (χ1) is 13.1. The van der Waals surface area contributed by atoms with Gasteiger partial charge >= 0.3 is 0 Å². The molecular formula is C23H22N4. The number of nitrogens with zero attached hydrogens (tertiary/aromatic N) is 4. The molecule has 4 rings (SSSR count). The Hall–Kier alpha value is -3.27. The van der Waals surface area contributed by atoms with Gasteiger partial charge in [-0.05, 0) is 42.7 Å². The van der Waals surface area contributed by atoms with Crippen LogP contribution in [0.5, 0.6) is 0 Å². The maximum Gasteiger partial charge on any atom is 0.187 e. The first-order valence-electron chi connectivity index (χ1n) is 9.18. The van der Waals surface area contributed by atoms with Gasteiger partial charge in [0.25, 0.3) is 0 Å². The van der Waals surface area contributed by atoms with E-state index in [9.17, 15) is 0 Å². The Morgan fingerprint density at radius 2 is 1.56 bits per heavy atom. The number of pyridine rings is 1. The number of hydrogen-bond donors (Lipinski definition) is 0. The third-order valence-corrected chi connectivity index (χ3v) is 4.68. The summed E-state index contributed by atoms with van der Waals surface area (Å²) in [5, 5.41) is 9.09. The van der Waals surface area contributed by atoms with Gasteiger partial charge in [0.05, 0.1) is 5.69 Å². The number of azo groups is 1. The van der Waals surface area contributed by atoms with Crippen LogP contribution in [0, 0.1) is 6.92 Å². The molecule has 0 aliphatic rings. The predicted octanol–water partition coefficient (Wildman–Crippen LogP) is 6.85. The summed E-state index contributed by atoms with van der Waals surface area (Å²) in [5.74, 6) is 1.25. The third kappa shape index (κ3) is 3.38. The number of aryl methyl sites for hydroxylation is 1. The quantitative estimate of drug-likeness (QED) is 0.370. The predicted molar refractivity (Wildman–Crippen MR) is 110 cm³/mol. The fourth-order valence-electron chi connectivity index (χ4n) is 3.15. The van der Waals surface area contributed by atoms with Crippen molar-refractivity contribution in [2.45, 2.75) is 26.7 Å². The van der Waals surface area contributed by atoms with Crippen molar-refractivity contribution < 1.29 is 0 Å². The van der Waals surface area contributed by atoms with Gasteiger partial charge in [-0.15, -0.1) is 10.2 Å². The molecule has 0 unspecified atom stereocenters. The lowest BCUT2D eigenvalue weighted by Gasteiger charge is -2.04. The molecule has 4 nitrogen and oxygen atoms in total. The molecule has 2 aromatic heterocycles. The average Bonchev–Trinajstić information content (AvgIpc) is 3.07. The van der Waals surface area contributed by atoms with Gasteiger partial charge in [-0.3, -0.25) is 4.40 Å². The van der Waals surface area contributed by atoms with Crippen molar-refractivity contribution in [3.63, 3.8) is 0 Å². The number of aromatic nitrogens is 2. The molecule has 0 aliphatic carbocycles. The molecule has 27 heavy (non-hydrogen) atoms. The Morgan fingerprint density at radius 1 is 0.815 bits per heavy atom. The van der Waals surface area contributed by atoms with Gasteiger partial charge in [0.15, 0.2) is 5.82 Å². The van der Waals surface area contributed by atoms with E-state index in [0.29, 0.717) is 5.92 Å². The van der Waals surface area contributed by atoms with Gasteiger partial charge in [0.1, 0.15) is 11.3 Å². The molecule has 0 N–H and O–H groups in total. The molecule has 4 heteroatoms. The van der Waals surface area contributed by atoms with Crippen LogP contribution in [0.15, 0.2) is 83.0 Å². The highest BCUT2D eigenvalue weighted by Gasteiger charge is 2.15. The van der Waals surface area contributed by atoms with Gasteiger partial charge in [-0.2, -0.15) is 0 Å². The van der Waals surface area contributed by atoms with E-state index in [4.69, 9.17) is 4.98 Å². The molecule has 0 saturated heterocycles. The maximum absolute atomic E-state index is 4.80. The van der Waals surface area contributed by atoms with Crippen molar-refractivity contribution in [1.29, 1.82) is 0 Å². The van der Waals surface area contributed by atoms with E-state index in [2.05, 4.69) is 49.2 Å². The lowest BCUT2D eigenvalue weighted by molar-refractivity contribution is 0.866. The van der Waals surface area contributed by atoms with E-state index in [1.54, 1.807) is 0 Å². The fraction of sp³-hybridized carbons (Fsp3) is 0.174. The lowest BCUT2D eigenvalue weighted by Crippen LogP contribution is -1.89. The van der Waals surface area contributed by atoms with E-state index < -0.39 is 0 Å². The zero-order valence-corrected chi connectivity index (χ0v) is 15.8. The largest absolute Gasteiger partial charge is 0.280 e. The van der Waals surface area contributed by atoms with Crippen molar-refractivity contribution in [1.82, 2.24) is 9.38 Å². The van der Waals surface area contributed by atoms with Gasteiger partial charge in [0.2, 0.25) is 0 Å². The van der Waals surface area contributed by atoms with Crippen LogP contribution < -0.4 is 0 Å². The molecule has 0 bridgehead atoms. The Balaban J connectivity index is 1.82. The topological polar surface area (TPSA) is 42.0 Å². The molecule has 0 atom stereocenters. The lowest BCUT2D eigenvalue weighted by atomic mass is 10.0. The first kappa shape index (κ1) is 17.2. The van der Waals surface area contributed by atoms with Crippen LogP contribution in [0.3, 0.4) is 0 Å². The molecule has 2 aromatic carbocycles. The number of hydrogen-bond acceptors (Lipinski definition) is 3. The van der Waals surface area contributed by atoms with Crippen LogP contribution in [-0.4, -0.2) is 9.38 Å². The van der Waals surface area contributed by atoms with Crippen molar-refractivity contribution in [2.24, 2.45) is 10.2 Å². The minimum atomic E-state index is 0.502. The summed E-state index contributed by atoms with van der Waals surface area (Å²) < 4.78 is 2.05. The summed E-state index contributed by atoms with van der Waals surface area (Å²) in [5.41, 5.74) is 5.95. The Kier molecular flexibility index (Phi) is 4.55. The normalized spacial score (nSPS) is 11.7.